The molecule has 214 valence electrons. The van der Waals surface area contributed by atoms with Crippen molar-refractivity contribution < 1.29 is 35.9 Å². The fourth-order valence-corrected chi connectivity index (χ4v) is 5.28. The Morgan fingerprint density at radius 2 is 1.88 bits per heavy atom. The molecule has 0 fully saturated rings. The molecule has 0 spiro atoms. The molecule has 0 radical (unpaired) electrons. The van der Waals surface area contributed by atoms with Crippen LogP contribution in [0.25, 0.3) is 0 Å². The number of amides is 1. The highest BCUT2D eigenvalue weighted by molar-refractivity contribution is 7.90. The zero-order valence-electron chi connectivity index (χ0n) is 22.0. The molecular formula is C28H28ClF3N2O5S. The zero-order valence-corrected chi connectivity index (χ0v) is 23.6. The Balaban J connectivity index is 1.83. The van der Waals surface area contributed by atoms with E-state index < -0.39 is 33.5 Å². The quantitative estimate of drug-likeness (QED) is 0.312. The number of nitrogens with zero attached hydrogens (tertiary/aromatic N) is 1. The van der Waals surface area contributed by atoms with Crippen molar-refractivity contribution in [2.75, 3.05) is 36.7 Å². The molecule has 0 aliphatic carbocycles. The van der Waals surface area contributed by atoms with E-state index in [9.17, 15) is 26.4 Å². The summed E-state index contributed by atoms with van der Waals surface area (Å²) in [5, 5.41) is 3.45. The van der Waals surface area contributed by atoms with Gasteiger partial charge in [0, 0.05) is 40.8 Å². The monoisotopic (exact) mass is 596 g/mol. The topological polar surface area (TPSA) is 84.9 Å². The lowest BCUT2D eigenvalue weighted by Crippen LogP contribution is -2.37. The first-order chi connectivity index (χ1) is 18.8. The van der Waals surface area contributed by atoms with Gasteiger partial charge in [-0.3, -0.25) is 4.79 Å². The molecule has 1 N–H and O–H groups in total. The first-order valence-corrected chi connectivity index (χ1v) is 14.7. The van der Waals surface area contributed by atoms with Gasteiger partial charge < -0.3 is 19.7 Å². The lowest BCUT2D eigenvalue weighted by Gasteiger charge is -2.28. The number of hydrogen-bond donors (Lipinski definition) is 1. The summed E-state index contributed by atoms with van der Waals surface area (Å²) in [6.07, 6.45) is -2.48. The number of carbonyl (C=O) groups excluding carboxylic acids is 1. The second-order valence-corrected chi connectivity index (χ2v) is 11.8. The van der Waals surface area contributed by atoms with Crippen LogP contribution in [0.1, 0.15) is 36.1 Å². The summed E-state index contributed by atoms with van der Waals surface area (Å²) in [7, 11) is -2.26. The van der Waals surface area contributed by atoms with Crippen LogP contribution in [0.4, 0.5) is 24.5 Å². The standard InChI is InChI=1S/C28H28ClF3N2O5S/c1-4-11-39-25-13-19(29)7-8-23(25)26(33-20-14-21(38-2)16-22(15-20)40(3,36)37)27(35)34-10-9-17-5-6-18(12-24(17)34)28(30,31)32/h5-8,12-16,26,33H,4,9-11H2,1-3H3. The average Bonchev–Trinajstić information content (AvgIpc) is 3.33. The molecule has 1 atom stereocenters. The summed E-state index contributed by atoms with van der Waals surface area (Å²) >= 11 is 6.22. The molecule has 3 aromatic carbocycles. The Morgan fingerprint density at radius 1 is 1.12 bits per heavy atom. The Labute approximate surface area is 235 Å². The van der Waals surface area contributed by atoms with Crippen molar-refractivity contribution >= 4 is 38.7 Å². The van der Waals surface area contributed by atoms with E-state index in [1.807, 2.05) is 6.92 Å². The van der Waals surface area contributed by atoms with Crippen LogP contribution in [0.2, 0.25) is 5.02 Å². The van der Waals surface area contributed by atoms with Crippen LogP contribution in [-0.2, 0) is 27.2 Å². The lowest BCUT2D eigenvalue weighted by atomic mass is 10.0. The Hall–Kier alpha value is -3.44. The Kier molecular flexibility index (Phi) is 8.55. The van der Waals surface area contributed by atoms with Crippen molar-refractivity contribution in [1.29, 1.82) is 0 Å². The van der Waals surface area contributed by atoms with Crippen LogP contribution in [0, 0.1) is 0 Å². The van der Waals surface area contributed by atoms with Gasteiger partial charge in [-0.2, -0.15) is 13.2 Å². The minimum Gasteiger partial charge on any atom is -0.497 e. The molecule has 12 heteroatoms. The highest BCUT2D eigenvalue weighted by atomic mass is 35.5. The number of halogens is 4. The lowest BCUT2D eigenvalue weighted by molar-refractivity contribution is -0.137. The van der Waals surface area contributed by atoms with Crippen molar-refractivity contribution in [3.63, 3.8) is 0 Å². The van der Waals surface area contributed by atoms with Crippen LogP contribution in [-0.4, -0.2) is 40.8 Å². The van der Waals surface area contributed by atoms with Gasteiger partial charge in [0.05, 0.1) is 24.2 Å². The molecule has 1 unspecified atom stereocenters. The van der Waals surface area contributed by atoms with E-state index >= 15 is 0 Å². The van der Waals surface area contributed by atoms with Gasteiger partial charge in [-0.05, 0) is 54.8 Å². The summed E-state index contributed by atoms with van der Waals surface area (Å²) in [6.45, 7) is 2.40. The molecular weight excluding hydrogens is 569 g/mol. The SMILES string of the molecule is CCCOc1cc(Cl)ccc1C(Nc1cc(OC)cc(S(C)(=O)=O)c1)C(=O)N1CCc2ccc(C(F)(F)F)cc21. The van der Waals surface area contributed by atoms with Crippen molar-refractivity contribution in [3.05, 3.63) is 76.3 Å². The number of carbonyl (C=O) groups is 1. The summed E-state index contributed by atoms with van der Waals surface area (Å²) in [5.41, 5.74) is 0.544. The number of rotatable bonds is 9. The predicted octanol–water partition coefficient (Wildman–Crippen LogP) is 6.30. The third-order valence-electron chi connectivity index (χ3n) is 6.42. The maximum atomic E-state index is 14.2. The van der Waals surface area contributed by atoms with E-state index in [1.54, 1.807) is 18.2 Å². The maximum Gasteiger partial charge on any atom is 0.416 e. The molecule has 4 rings (SSSR count). The molecule has 0 aromatic heterocycles. The largest absolute Gasteiger partial charge is 0.497 e. The number of nitrogens with one attached hydrogen (secondary N) is 1. The number of anilines is 2. The number of hydrogen-bond acceptors (Lipinski definition) is 6. The van der Waals surface area contributed by atoms with Crippen molar-refractivity contribution in [3.8, 4) is 11.5 Å². The van der Waals surface area contributed by atoms with Gasteiger partial charge in [-0.25, -0.2) is 8.42 Å². The fraction of sp³-hybridized carbons (Fsp3) is 0.321. The maximum absolute atomic E-state index is 14.2. The predicted molar refractivity (Wildman–Crippen MR) is 147 cm³/mol. The van der Waals surface area contributed by atoms with Gasteiger partial charge >= 0.3 is 6.18 Å². The molecule has 7 nitrogen and oxygen atoms in total. The molecule has 1 heterocycles. The number of fused-ring (bicyclic) bond motifs is 1. The second kappa shape index (κ2) is 11.6. The molecule has 1 aliphatic heterocycles. The number of sulfone groups is 1. The molecule has 0 saturated carbocycles. The van der Waals surface area contributed by atoms with Crippen molar-refractivity contribution in [1.82, 2.24) is 0 Å². The van der Waals surface area contributed by atoms with E-state index in [0.29, 0.717) is 41.3 Å². The number of benzene rings is 3. The van der Waals surface area contributed by atoms with E-state index in [-0.39, 0.29) is 28.6 Å². The van der Waals surface area contributed by atoms with Crippen LogP contribution in [0.3, 0.4) is 0 Å². The van der Waals surface area contributed by atoms with Gasteiger partial charge in [-0.15, -0.1) is 0 Å². The molecule has 0 bridgehead atoms. The Morgan fingerprint density at radius 3 is 2.52 bits per heavy atom. The molecule has 0 saturated heterocycles. The van der Waals surface area contributed by atoms with Crippen LogP contribution < -0.4 is 19.7 Å². The first kappa shape index (κ1) is 29.5. The summed E-state index contributed by atoms with van der Waals surface area (Å²) in [6, 6.07) is 11.1. The smallest absolute Gasteiger partial charge is 0.416 e. The highest BCUT2D eigenvalue weighted by Gasteiger charge is 2.37. The van der Waals surface area contributed by atoms with Gasteiger partial charge in [0.2, 0.25) is 0 Å². The van der Waals surface area contributed by atoms with E-state index in [0.717, 1.165) is 18.4 Å². The molecule has 40 heavy (non-hydrogen) atoms. The van der Waals surface area contributed by atoms with E-state index in [2.05, 4.69) is 5.32 Å². The Bertz CT molecular complexity index is 1530. The number of alkyl halides is 3. The number of methoxy groups -OCH3 is 1. The second-order valence-electron chi connectivity index (χ2n) is 9.36. The van der Waals surface area contributed by atoms with Crippen molar-refractivity contribution in [2.45, 2.75) is 36.9 Å². The summed E-state index contributed by atoms with van der Waals surface area (Å²) < 4.78 is 76.3. The van der Waals surface area contributed by atoms with Gasteiger partial charge in [0.15, 0.2) is 9.84 Å². The van der Waals surface area contributed by atoms with Gasteiger partial charge in [0.25, 0.3) is 5.91 Å². The summed E-state index contributed by atoms with van der Waals surface area (Å²) in [5.74, 6) is -0.00288. The third kappa shape index (κ3) is 6.47. The van der Waals surface area contributed by atoms with E-state index in [1.165, 1.54) is 36.3 Å². The van der Waals surface area contributed by atoms with E-state index in [4.69, 9.17) is 21.1 Å². The van der Waals surface area contributed by atoms with Crippen LogP contribution in [0.15, 0.2) is 59.5 Å². The van der Waals surface area contributed by atoms with Gasteiger partial charge in [0.1, 0.15) is 17.5 Å². The summed E-state index contributed by atoms with van der Waals surface area (Å²) in [4.78, 5) is 15.4. The van der Waals surface area contributed by atoms with Crippen LogP contribution >= 0.6 is 11.6 Å². The minimum absolute atomic E-state index is 0.0413. The average molecular weight is 597 g/mol. The van der Waals surface area contributed by atoms with Crippen molar-refractivity contribution in [2.24, 2.45) is 0 Å². The minimum atomic E-state index is -4.58. The fourth-order valence-electron chi connectivity index (χ4n) is 4.45. The molecule has 3 aromatic rings. The molecule has 1 amide bonds. The van der Waals surface area contributed by atoms with Gasteiger partial charge in [-0.1, -0.05) is 30.7 Å². The molecule has 1 aliphatic rings. The third-order valence-corrected chi connectivity index (χ3v) is 7.75. The normalized spacial score (nSPS) is 14.0. The van der Waals surface area contributed by atoms with Crippen LogP contribution in [0.5, 0.6) is 11.5 Å². The highest BCUT2D eigenvalue weighted by Crippen LogP contribution is 2.39. The first-order valence-electron chi connectivity index (χ1n) is 12.4. The zero-order chi connectivity index (χ0) is 29.2. The number of ether oxygens (including phenoxy) is 2.